The topological polar surface area (TPSA) is 55.8 Å². The lowest BCUT2D eigenvalue weighted by Gasteiger charge is -2.38. The van der Waals surface area contributed by atoms with Gasteiger partial charge in [0, 0.05) is 13.1 Å². The first-order valence-electron chi connectivity index (χ1n) is 6.95. The Labute approximate surface area is 119 Å². The monoisotopic (exact) mass is 289 g/mol. The van der Waals surface area contributed by atoms with Gasteiger partial charge in [0.15, 0.2) is 0 Å². The zero-order chi connectivity index (χ0) is 15.4. The number of nitrogens with zero attached hydrogens (tertiary/aromatic N) is 1. The summed E-state index contributed by atoms with van der Waals surface area (Å²) < 4.78 is 23.5. The summed E-state index contributed by atoms with van der Waals surface area (Å²) in [7, 11) is 0. The lowest BCUT2D eigenvalue weighted by atomic mass is 9.79. The molecule has 1 aliphatic heterocycles. The Balaban J connectivity index is 2.61. The summed E-state index contributed by atoms with van der Waals surface area (Å²) in [5.74, 6) is -0.508. The minimum absolute atomic E-state index is 0.233. The Morgan fingerprint density at radius 1 is 1.25 bits per heavy atom. The molecule has 0 aliphatic carbocycles. The van der Waals surface area contributed by atoms with Crippen LogP contribution in [-0.4, -0.2) is 48.9 Å². The molecule has 1 fully saturated rings. The number of hydrogen-bond acceptors (Lipinski definition) is 4. The number of rotatable bonds is 3. The molecule has 0 radical (unpaired) electrons. The number of ether oxygens (including phenoxy) is 2. The van der Waals surface area contributed by atoms with Crippen LogP contribution in [0.15, 0.2) is 0 Å². The van der Waals surface area contributed by atoms with Gasteiger partial charge in [-0.25, -0.2) is 9.18 Å². The van der Waals surface area contributed by atoms with E-state index in [0.29, 0.717) is 13.1 Å². The van der Waals surface area contributed by atoms with E-state index in [2.05, 4.69) is 0 Å². The third-order valence-corrected chi connectivity index (χ3v) is 3.34. The van der Waals surface area contributed by atoms with Crippen molar-refractivity contribution in [3.05, 3.63) is 0 Å². The second-order valence-corrected chi connectivity index (χ2v) is 6.10. The van der Waals surface area contributed by atoms with Gasteiger partial charge in [-0.1, -0.05) is 0 Å². The second-order valence-electron chi connectivity index (χ2n) is 6.10. The molecule has 0 aromatic heterocycles. The normalized spacial score (nSPS) is 18.6. The molecular weight excluding hydrogens is 265 g/mol. The molecule has 0 bridgehead atoms. The van der Waals surface area contributed by atoms with Crippen molar-refractivity contribution in [2.45, 2.75) is 46.1 Å². The number of halogens is 1. The third kappa shape index (κ3) is 4.08. The molecule has 1 aliphatic rings. The summed E-state index contributed by atoms with van der Waals surface area (Å²) in [6.07, 6.45) is 0.109. The average molecular weight is 289 g/mol. The zero-order valence-corrected chi connectivity index (χ0v) is 12.7. The van der Waals surface area contributed by atoms with E-state index in [4.69, 9.17) is 9.47 Å². The Bertz CT molecular complexity index is 357. The maximum atomic E-state index is 13.3. The molecule has 1 rings (SSSR count). The van der Waals surface area contributed by atoms with Gasteiger partial charge in [0.2, 0.25) is 0 Å². The maximum Gasteiger partial charge on any atom is 0.410 e. The van der Waals surface area contributed by atoms with Gasteiger partial charge >= 0.3 is 12.1 Å². The van der Waals surface area contributed by atoms with Crippen LogP contribution in [0.5, 0.6) is 0 Å². The van der Waals surface area contributed by atoms with Crippen molar-refractivity contribution in [2.24, 2.45) is 5.41 Å². The number of carbonyl (C=O) groups is 2. The fourth-order valence-electron chi connectivity index (χ4n) is 2.12. The third-order valence-electron chi connectivity index (χ3n) is 3.34. The van der Waals surface area contributed by atoms with Gasteiger partial charge in [-0.2, -0.15) is 0 Å². The predicted octanol–water partition coefficient (Wildman–Crippen LogP) is 2.54. The van der Waals surface area contributed by atoms with E-state index in [9.17, 15) is 14.0 Å². The Kier molecular flexibility index (Phi) is 5.36. The van der Waals surface area contributed by atoms with Crippen LogP contribution in [0.3, 0.4) is 0 Å². The number of alkyl halides is 1. The van der Waals surface area contributed by atoms with Crippen molar-refractivity contribution >= 4 is 12.1 Å². The second kappa shape index (κ2) is 6.41. The smallest absolute Gasteiger partial charge is 0.410 e. The lowest BCUT2D eigenvalue weighted by molar-refractivity contribution is -0.159. The molecule has 0 unspecified atom stereocenters. The molecule has 20 heavy (non-hydrogen) atoms. The van der Waals surface area contributed by atoms with Crippen molar-refractivity contribution in [1.29, 1.82) is 0 Å². The number of carbonyl (C=O) groups excluding carboxylic acids is 2. The molecule has 0 spiro atoms. The summed E-state index contributed by atoms with van der Waals surface area (Å²) in [6.45, 7) is 7.15. The fourth-order valence-corrected chi connectivity index (χ4v) is 2.12. The molecular formula is C14H24FNO4. The van der Waals surface area contributed by atoms with E-state index in [1.165, 1.54) is 4.90 Å². The maximum absolute atomic E-state index is 13.3. The number of likely N-dealkylation sites (tertiary alicyclic amines) is 1. The quantitative estimate of drug-likeness (QED) is 0.749. The Morgan fingerprint density at radius 2 is 1.80 bits per heavy atom. The van der Waals surface area contributed by atoms with E-state index in [1.807, 2.05) is 0 Å². The molecule has 1 saturated heterocycles. The van der Waals surface area contributed by atoms with Crippen LogP contribution >= 0.6 is 0 Å². The van der Waals surface area contributed by atoms with Crippen molar-refractivity contribution in [2.75, 3.05) is 26.4 Å². The number of amides is 1. The molecule has 1 amide bonds. The molecule has 5 nitrogen and oxygen atoms in total. The van der Waals surface area contributed by atoms with Gasteiger partial charge < -0.3 is 14.4 Å². The largest absolute Gasteiger partial charge is 0.465 e. The predicted molar refractivity (Wildman–Crippen MR) is 72.1 cm³/mol. The van der Waals surface area contributed by atoms with Gasteiger partial charge in [0.05, 0.1) is 12.0 Å². The highest BCUT2D eigenvalue weighted by Gasteiger charge is 2.44. The van der Waals surface area contributed by atoms with Crippen molar-refractivity contribution < 1.29 is 23.5 Å². The van der Waals surface area contributed by atoms with Crippen LogP contribution in [0.25, 0.3) is 0 Å². The summed E-state index contributed by atoms with van der Waals surface area (Å²) in [6, 6.07) is 0. The van der Waals surface area contributed by atoms with E-state index < -0.39 is 29.8 Å². The molecule has 6 heteroatoms. The fraction of sp³-hybridized carbons (Fsp3) is 0.857. The molecule has 1 heterocycles. The highest BCUT2D eigenvalue weighted by atomic mass is 19.1. The van der Waals surface area contributed by atoms with Gasteiger partial charge in [-0.3, -0.25) is 4.79 Å². The molecule has 0 saturated carbocycles. The SMILES string of the molecule is CCOC(=O)C1(CF)CCN(C(=O)OC(C)(C)C)CC1. The highest BCUT2D eigenvalue weighted by molar-refractivity contribution is 5.78. The minimum atomic E-state index is -1.10. The van der Waals surface area contributed by atoms with Gasteiger partial charge in [-0.15, -0.1) is 0 Å². The lowest BCUT2D eigenvalue weighted by Crippen LogP contribution is -2.49. The summed E-state index contributed by atoms with van der Waals surface area (Å²) in [5.41, 5.74) is -1.67. The van der Waals surface area contributed by atoms with E-state index in [-0.39, 0.29) is 19.4 Å². The van der Waals surface area contributed by atoms with E-state index in [1.54, 1.807) is 27.7 Å². The van der Waals surface area contributed by atoms with Crippen LogP contribution in [0, 0.1) is 5.41 Å². The molecule has 0 aromatic rings. The standard InChI is InChI=1S/C14H24FNO4/c1-5-19-11(17)14(10-15)6-8-16(9-7-14)12(18)20-13(2,3)4/h5-10H2,1-4H3. The summed E-state index contributed by atoms with van der Waals surface area (Å²) in [4.78, 5) is 25.3. The molecule has 0 aromatic carbocycles. The van der Waals surface area contributed by atoms with Gasteiger partial charge in [0.25, 0.3) is 0 Å². The average Bonchev–Trinajstić information content (AvgIpc) is 2.37. The van der Waals surface area contributed by atoms with E-state index in [0.717, 1.165) is 0 Å². The van der Waals surface area contributed by atoms with Crippen LogP contribution in [0.4, 0.5) is 9.18 Å². The number of hydrogen-bond donors (Lipinski definition) is 0. The molecule has 0 N–H and O–H groups in total. The first kappa shape index (κ1) is 16.7. The highest BCUT2D eigenvalue weighted by Crippen LogP contribution is 2.34. The van der Waals surface area contributed by atoms with Gasteiger partial charge in [0.1, 0.15) is 12.3 Å². The van der Waals surface area contributed by atoms with Crippen LogP contribution in [-0.2, 0) is 14.3 Å². The molecule has 116 valence electrons. The van der Waals surface area contributed by atoms with Crippen molar-refractivity contribution in [1.82, 2.24) is 4.90 Å². The first-order chi connectivity index (χ1) is 9.24. The Morgan fingerprint density at radius 3 is 2.20 bits per heavy atom. The van der Waals surface area contributed by atoms with Crippen molar-refractivity contribution in [3.8, 4) is 0 Å². The summed E-state index contributed by atoms with van der Waals surface area (Å²) in [5, 5.41) is 0. The first-order valence-corrected chi connectivity index (χ1v) is 6.95. The van der Waals surface area contributed by atoms with Gasteiger partial charge in [-0.05, 0) is 40.5 Å². The van der Waals surface area contributed by atoms with Crippen LogP contribution in [0.1, 0.15) is 40.5 Å². The summed E-state index contributed by atoms with van der Waals surface area (Å²) >= 11 is 0. The van der Waals surface area contributed by atoms with Crippen LogP contribution < -0.4 is 0 Å². The van der Waals surface area contributed by atoms with E-state index >= 15 is 0 Å². The van der Waals surface area contributed by atoms with Crippen molar-refractivity contribution in [3.63, 3.8) is 0 Å². The number of esters is 1. The minimum Gasteiger partial charge on any atom is -0.465 e. The van der Waals surface area contributed by atoms with Crippen LogP contribution in [0.2, 0.25) is 0 Å². The Hall–Kier alpha value is -1.33. The zero-order valence-electron chi connectivity index (χ0n) is 12.7. The number of piperidine rings is 1. The molecule has 0 atom stereocenters.